The van der Waals surface area contributed by atoms with Gasteiger partial charge in [0, 0.05) is 6.42 Å². The Morgan fingerprint density at radius 2 is 1.38 bits per heavy atom. The van der Waals surface area contributed by atoms with E-state index in [4.69, 9.17) is 26.8 Å². The van der Waals surface area contributed by atoms with Crippen molar-refractivity contribution in [1.29, 1.82) is 0 Å². The Labute approximate surface area is 184 Å². The molecular weight excluding hydrogens is 430 g/mol. The number of rotatable bonds is 16. The number of carbonyl (C=O) groups is 6. The summed E-state index contributed by atoms with van der Waals surface area (Å²) < 4.78 is 0. The Balaban J connectivity index is 5.11. The van der Waals surface area contributed by atoms with E-state index >= 15 is 0 Å². The first-order valence-electron chi connectivity index (χ1n) is 9.92. The lowest BCUT2D eigenvalue weighted by molar-refractivity contribution is -0.147. The maximum absolute atomic E-state index is 12.4. The number of nitrogens with two attached hydrogens (primary N) is 2. The molecule has 0 bridgehead atoms. The zero-order valence-corrected chi connectivity index (χ0v) is 17.7. The van der Waals surface area contributed by atoms with Gasteiger partial charge in [-0.15, -0.1) is 0 Å². The number of carboxylic acid groups (broad SMARTS) is 3. The number of amides is 3. The molecule has 0 rings (SSSR count). The second-order valence-electron chi connectivity index (χ2n) is 7.11. The van der Waals surface area contributed by atoms with Gasteiger partial charge in [0.25, 0.3) is 0 Å². The summed E-state index contributed by atoms with van der Waals surface area (Å²) in [5.41, 5.74) is 11.1. The number of unbranched alkanes of at least 4 members (excludes halogenated alkanes) is 1. The molecule has 0 aromatic heterocycles. The Morgan fingerprint density at radius 1 is 0.781 bits per heavy atom. The van der Waals surface area contributed by atoms with E-state index in [0.717, 1.165) is 0 Å². The van der Waals surface area contributed by atoms with Gasteiger partial charge in [0.15, 0.2) is 0 Å². The lowest BCUT2D eigenvalue weighted by atomic mass is 10.1. The summed E-state index contributed by atoms with van der Waals surface area (Å²) >= 11 is 0. The molecule has 14 nitrogen and oxygen atoms in total. The fourth-order valence-electron chi connectivity index (χ4n) is 2.51. The fourth-order valence-corrected chi connectivity index (χ4v) is 2.51. The molecule has 182 valence electrons. The smallest absolute Gasteiger partial charge is 0.326 e. The van der Waals surface area contributed by atoms with Gasteiger partial charge in [0.2, 0.25) is 17.7 Å². The molecule has 0 aliphatic rings. The highest BCUT2D eigenvalue weighted by Gasteiger charge is 2.30. The molecule has 10 N–H and O–H groups in total. The summed E-state index contributed by atoms with van der Waals surface area (Å²) in [4.78, 5) is 69.6. The highest BCUT2D eigenvalue weighted by atomic mass is 16.4. The van der Waals surface area contributed by atoms with Crippen LogP contribution in [0, 0.1) is 0 Å². The van der Waals surface area contributed by atoms with Crippen LogP contribution in [0.15, 0.2) is 0 Å². The minimum Gasteiger partial charge on any atom is -0.481 e. The minimum absolute atomic E-state index is 0.348. The molecule has 3 amide bonds. The predicted octanol–water partition coefficient (Wildman–Crippen LogP) is -2.66. The number of hydrogen-bond donors (Lipinski definition) is 8. The Hall–Kier alpha value is -3.26. The van der Waals surface area contributed by atoms with Crippen LogP contribution >= 0.6 is 0 Å². The van der Waals surface area contributed by atoms with Crippen molar-refractivity contribution in [2.45, 2.75) is 69.6 Å². The van der Waals surface area contributed by atoms with Crippen LogP contribution in [-0.4, -0.2) is 81.7 Å². The van der Waals surface area contributed by atoms with Crippen molar-refractivity contribution in [3.05, 3.63) is 0 Å². The van der Waals surface area contributed by atoms with Crippen molar-refractivity contribution >= 4 is 35.6 Å². The van der Waals surface area contributed by atoms with Crippen molar-refractivity contribution in [2.75, 3.05) is 6.54 Å². The molecule has 32 heavy (non-hydrogen) atoms. The van der Waals surface area contributed by atoms with Gasteiger partial charge < -0.3 is 42.7 Å². The zero-order valence-electron chi connectivity index (χ0n) is 17.7. The quantitative estimate of drug-likeness (QED) is 0.110. The number of carboxylic acids is 3. The molecule has 0 saturated heterocycles. The lowest BCUT2D eigenvalue weighted by Gasteiger charge is -2.23. The average molecular weight is 461 g/mol. The molecule has 0 aliphatic carbocycles. The van der Waals surface area contributed by atoms with Crippen molar-refractivity contribution in [2.24, 2.45) is 11.5 Å². The third-order valence-corrected chi connectivity index (χ3v) is 4.33. The Morgan fingerprint density at radius 3 is 1.88 bits per heavy atom. The predicted molar refractivity (Wildman–Crippen MR) is 109 cm³/mol. The van der Waals surface area contributed by atoms with Gasteiger partial charge in [-0.2, -0.15) is 0 Å². The standard InChI is InChI=1S/C18H31N5O9/c1-9(21-16(29)10(20)4-2-3-7-19)15(28)22-11(5-6-13(24)25)17(30)23-12(18(31)32)8-14(26)27/h9-12H,2-8,19-20H2,1H3,(H,21,29)(H,22,28)(H,23,30)(H,24,25)(H,26,27)(H,31,32). The molecule has 0 aliphatic heterocycles. The van der Waals surface area contributed by atoms with E-state index in [-0.39, 0.29) is 0 Å². The summed E-state index contributed by atoms with van der Waals surface area (Å²) in [6.07, 6.45) is -0.218. The highest BCUT2D eigenvalue weighted by Crippen LogP contribution is 2.03. The number of hydrogen-bond acceptors (Lipinski definition) is 8. The molecule has 0 aromatic rings. The van der Waals surface area contributed by atoms with Crippen LogP contribution in [0.3, 0.4) is 0 Å². The summed E-state index contributed by atoms with van der Waals surface area (Å²) in [7, 11) is 0. The molecule has 0 heterocycles. The van der Waals surface area contributed by atoms with Gasteiger partial charge in [0.05, 0.1) is 12.5 Å². The first kappa shape index (κ1) is 28.7. The maximum atomic E-state index is 12.4. The van der Waals surface area contributed by atoms with E-state index in [2.05, 4.69) is 10.6 Å². The first-order valence-corrected chi connectivity index (χ1v) is 9.92. The third-order valence-electron chi connectivity index (χ3n) is 4.33. The van der Waals surface area contributed by atoms with Gasteiger partial charge in [-0.05, 0) is 32.7 Å². The van der Waals surface area contributed by atoms with Crippen LogP contribution in [0.1, 0.15) is 45.4 Å². The van der Waals surface area contributed by atoms with Crippen molar-refractivity contribution in [3.8, 4) is 0 Å². The van der Waals surface area contributed by atoms with E-state index in [1.807, 2.05) is 5.32 Å². The summed E-state index contributed by atoms with van der Waals surface area (Å²) in [5, 5.41) is 33.2. The van der Waals surface area contributed by atoms with Gasteiger partial charge >= 0.3 is 17.9 Å². The topological polar surface area (TPSA) is 251 Å². The number of nitrogens with one attached hydrogen (secondary N) is 3. The van der Waals surface area contributed by atoms with E-state index in [9.17, 15) is 28.8 Å². The summed E-state index contributed by atoms with van der Waals surface area (Å²) in [5.74, 6) is -6.91. The second kappa shape index (κ2) is 14.7. The van der Waals surface area contributed by atoms with Crippen molar-refractivity contribution in [3.63, 3.8) is 0 Å². The normalized spacial score (nSPS) is 14.3. The molecule has 0 fully saturated rings. The average Bonchev–Trinajstić information content (AvgIpc) is 2.69. The van der Waals surface area contributed by atoms with Gasteiger partial charge in [-0.1, -0.05) is 6.42 Å². The molecule has 4 atom stereocenters. The van der Waals surface area contributed by atoms with Crippen molar-refractivity contribution in [1.82, 2.24) is 16.0 Å². The third kappa shape index (κ3) is 11.8. The second-order valence-corrected chi connectivity index (χ2v) is 7.11. The number of carbonyl (C=O) groups excluding carboxylic acids is 3. The van der Waals surface area contributed by atoms with Crippen LogP contribution in [0.2, 0.25) is 0 Å². The Kier molecular flexibility index (Phi) is 13.2. The molecule has 0 spiro atoms. The molecular formula is C18H31N5O9. The van der Waals surface area contributed by atoms with E-state index in [1.54, 1.807) is 0 Å². The molecule has 4 unspecified atom stereocenters. The Bertz CT molecular complexity index is 700. The van der Waals surface area contributed by atoms with Crippen LogP contribution in [0.5, 0.6) is 0 Å². The highest BCUT2D eigenvalue weighted by molar-refractivity contribution is 5.94. The SMILES string of the molecule is CC(NC(=O)C(N)CCCCN)C(=O)NC(CCC(=O)O)C(=O)NC(CC(=O)O)C(=O)O. The van der Waals surface area contributed by atoms with Gasteiger partial charge in [0.1, 0.15) is 18.1 Å². The van der Waals surface area contributed by atoms with Crippen LogP contribution in [-0.2, 0) is 28.8 Å². The zero-order chi connectivity index (χ0) is 24.8. The molecule has 0 saturated carbocycles. The van der Waals surface area contributed by atoms with Crippen LogP contribution in [0.25, 0.3) is 0 Å². The largest absolute Gasteiger partial charge is 0.481 e. The minimum atomic E-state index is -1.78. The lowest BCUT2D eigenvalue weighted by Crippen LogP contribution is -2.56. The molecule has 0 radical (unpaired) electrons. The van der Waals surface area contributed by atoms with Crippen molar-refractivity contribution < 1.29 is 44.1 Å². The molecule has 14 heteroatoms. The van der Waals surface area contributed by atoms with E-state index in [1.165, 1.54) is 6.92 Å². The van der Waals surface area contributed by atoms with E-state index in [0.29, 0.717) is 25.8 Å². The van der Waals surface area contributed by atoms with Crippen LogP contribution < -0.4 is 27.4 Å². The van der Waals surface area contributed by atoms with Gasteiger partial charge in [-0.25, -0.2) is 4.79 Å². The van der Waals surface area contributed by atoms with Gasteiger partial charge in [-0.3, -0.25) is 24.0 Å². The maximum Gasteiger partial charge on any atom is 0.326 e. The molecule has 0 aromatic carbocycles. The summed E-state index contributed by atoms with van der Waals surface area (Å²) in [6.45, 7) is 1.76. The number of aliphatic carboxylic acids is 3. The van der Waals surface area contributed by atoms with Crippen LogP contribution in [0.4, 0.5) is 0 Å². The van der Waals surface area contributed by atoms with E-state index < -0.39 is 79.1 Å². The fraction of sp³-hybridized carbons (Fsp3) is 0.667. The summed E-state index contributed by atoms with van der Waals surface area (Å²) in [6, 6.07) is -5.28. The monoisotopic (exact) mass is 461 g/mol. The first-order chi connectivity index (χ1) is 14.9.